The number of halogens is 4. The van der Waals surface area contributed by atoms with Crippen molar-refractivity contribution < 1.29 is 46.7 Å². The summed E-state index contributed by atoms with van der Waals surface area (Å²) >= 11 is 6.31. The first-order valence-corrected chi connectivity index (χ1v) is 19.9. The van der Waals surface area contributed by atoms with E-state index in [1.807, 2.05) is 0 Å². The second kappa shape index (κ2) is 17.2. The van der Waals surface area contributed by atoms with Crippen molar-refractivity contribution in [2.45, 2.75) is 71.2 Å². The van der Waals surface area contributed by atoms with Crippen molar-refractivity contribution in [3.8, 4) is 11.8 Å². The number of hydrogen-bond donors (Lipinski definition) is 3. The largest absolute Gasteiger partial charge is 0.461 e. The van der Waals surface area contributed by atoms with E-state index in [-0.39, 0.29) is 54.3 Å². The lowest BCUT2D eigenvalue weighted by atomic mass is 9.96. The molecule has 3 heterocycles. The number of ether oxygens (including phenoxy) is 1. The highest BCUT2D eigenvalue weighted by Gasteiger charge is 2.41. The first-order valence-electron chi connectivity index (χ1n) is 19.6. The molecule has 2 aliphatic heterocycles. The van der Waals surface area contributed by atoms with Crippen molar-refractivity contribution in [3.05, 3.63) is 140 Å². The van der Waals surface area contributed by atoms with Gasteiger partial charge < -0.3 is 24.8 Å². The van der Waals surface area contributed by atoms with E-state index in [4.69, 9.17) is 16.3 Å². The Bertz CT molecular complexity index is 2730. The number of benzene rings is 4. The Balaban J connectivity index is 1.28. The van der Waals surface area contributed by atoms with E-state index < -0.39 is 71.2 Å². The molecule has 1 saturated heterocycles. The van der Waals surface area contributed by atoms with Crippen LogP contribution in [0.25, 0.3) is 10.9 Å². The normalized spacial score (nSPS) is 15.4. The Kier molecular flexibility index (Phi) is 12.0. The van der Waals surface area contributed by atoms with Gasteiger partial charge in [-0.15, -0.1) is 0 Å². The van der Waals surface area contributed by atoms with E-state index in [1.165, 1.54) is 29.2 Å². The summed E-state index contributed by atoms with van der Waals surface area (Å²) in [4.78, 5) is 86.1. The summed E-state index contributed by atoms with van der Waals surface area (Å²) in [6.45, 7) is 6.15. The number of nitrogens with zero attached hydrogens (tertiary/aromatic N) is 2. The minimum Gasteiger partial charge on any atom is -0.461 e. The molecule has 12 nitrogen and oxygen atoms in total. The van der Waals surface area contributed by atoms with Crippen molar-refractivity contribution in [2.24, 2.45) is 0 Å². The topological polar surface area (TPSA) is 158 Å². The second-order valence-electron chi connectivity index (χ2n) is 15.8. The standard InChI is InChI=1S/C46H39ClF3N5O7/c1-5-62-45(61)39-37(30-16-15-28(47)21-34(30)51-39)40(42(58)53-46(2,3)4)55(22-25-19-32(48)38(50)33(49)20-25)43(59)27-13-10-24(11-14-27)9-12-26-7-6-8-29-31(26)23-54(44(29)60)35-17-18-36(56)52-41(35)57/h6-8,10-11,13-16,19-21,35,40,51H,5,17-18,22-23H2,1-4H3,(H,53,58)(H,52,56,57). The van der Waals surface area contributed by atoms with Gasteiger partial charge in [0.05, 0.1) is 6.61 Å². The number of carbonyl (C=O) groups excluding carboxylic acids is 6. The van der Waals surface area contributed by atoms with Gasteiger partial charge in [0.15, 0.2) is 17.5 Å². The van der Waals surface area contributed by atoms with Crippen LogP contribution in [-0.2, 0) is 32.2 Å². The lowest BCUT2D eigenvalue weighted by molar-refractivity contribution is -0.137. The molecular formula is C46H39ClF3N5O7. The Hall–Kier alpha value is -6.92. The third-order valence-electron chi connectivity index (χ3n) is 10.3. The van der Waals surface area contributed by atoms with Gasteiger partial charge in [-0.2, -0.15) is 0 Å². The molecule has 62 heavy (non-hydrogen) atoms. The van der Waals surface area contributed by atoms with Crippen LogP contribution in [0.3, 0.4) is 0 Å². The highest BCUT2D eigenvalue weighted by molar-refractivity contribution is 6.31. The van der Waals surface area contributed by atoms with Gasteiger partial charge in [0.2, 0.25) is 17.7 Å². The molecule has 0 spiro atoms. The molecule has 318 valence electrons. The van der Waals surface area contributed by atoms with E-state index in [2.05, 4.69) is 27.5 Å². The summed E-state index contributed by atoms with van der Waals surface area (Å²) in [5, 5.41) is 5.77. The Morgan fingerprint density at radius 2 is 1.69 bits per heavy atom. The number of hydrogen-bond acceptors (Lipinski definition) is 7. The second-order valence-corrected chi connectivity index (χ2v) is 16.3. The lowest BCUT2D eigenvalue weighted by Crippen LogP contribution is -2.52. The van der Waals surface area contributed by atoms with Gasteiger partial charge in [-0.3, -0.25) is 29.3 Å². The molecule has 1 aromatic heterocycles. The summed E-state index contributed by atoms with van der Waals surface area (Å²) in [6.07, 6.45) is 0.317. The fourth-order valence-corrected chi connectivity index (χ4v) is 7.76. The fraction of sp³-hybridized carbons (Fsp3) is 0.261. The molecule has 7 rings (SSSR count). The zero-order chi connectivity index (χ0) is 44.6. The number of H-pyrrole nitrogens is 1. The van der Waals surface area contributed by atoms with Gasteiger partial charge in [-0.25, -0.2) is 18.0 Å². The molecule has 3 N–H and O–H groups in total. The molecule has 0 radical (unpaired) electrons. The predicted octanol–water partition coefficient (Wildman–Crippen LogP) is 6.87. The minimum absolute atomic E-state index is 0.0128. The quantitative estimate of drug-likeness (QED) is 0.0632. The van der Waals surface area contributed by atoms with Gasteiger partial charge in [0.25, 0.3) is 11.8 Å². The number of rotatable bonds is 9. The van der Waals surface area contributed by atoms with Crippen LogP contribution in [0.2, 0.25) is 5.02 Å². The van der Waals surface area contributed by atoms with E-state index in [9.17, 15) is 41.9 Å². The molecule has 4 aromatic carbocycles. The molecular weight excluding hydrogens is 827 g/mol. The van der Waals surface area contributed by atoms with Crippen LogP contribution in [0, 0.1) is 29.3 Å². The lowest BCUT2D eigenvalue weighted by Gasteiger charge is -2.34. The number of nitrogens with one attached hydrogen (secondary N) is 3. The van der Waals surface area contributed by atoms with Crippen molar-refractivity contribution in [3.63, 3.8) is 0 Å². The summed E-state index contributed by atoms with van der Waals surface area (Å²) in [5.41, 5.74) is 1.08. The van der Waals surface area contributed by atoms with Gasteiger partial charge in [0.1, 0.15) is 17.8 Å². The van der Waals surface area contributed by atoms with Crippen LogP contribution in [0.4, 0.5) is 13.2 Å². The van der Waals surface area contributed by atoms with Crippen molar-refractivity contribution in [1.29, 1.82) is 0 Å². The summed E-state index contributed by atoms with van der Waals surface area (Å²) in [5.74, 6) is -2.35. The first kappa shape index (κ1) is 43.2. The van der Waals surface area contributed by atoms with E-state index in [0.717, 1.165) is 17.0 Å². The first-order chi connectivity index (χ1) is 29.4. The van der Waals surface area contributed by atoms with Crippen LogP contribution in [0.1, 0.15) is 106 Å². The zero-order valence-corrected chi connectivity index (χ0v) is 34.6. The zero-order valence-electron chi connectivity index (χ0n) is 33.9. The van der Waals surface area contributed by atoms with Gasteiger partial charge >= 0.3 is 5.97 Å². The Morgan fingerprint density at radius 3 is 2.35 bits per heavy atom. The summed E-state index contributed by atoms with van der Waals surface area (Å²) in [6, 6.07) is 14.6. The Labute approximate surface area is 358 Å². The van der Waals surface area contributed by atoms with E-state index >= 15 is 0 Å². The van der Waals surface area contributed by atoms with Crippen molar-refractivity contribution in [2.75, 3.05) is 6.61 Å². The Morgan fingerprint density at radius 1 is 0.984 bits per heavy atom. The minimum atomic E-state index is -1.72. The average Bonchev–Trinajstić information content (AvgIpc) is 3.75. The van der Waals surface area contributed by atoms with Crippen LogP contribution in [0.15, 0.2) is 72.8 Å². The van der Waals surface area contributed by atoms with Crippen LogP contribution >= 0.6 is 11.6 Å². The molecule has 5 amide bonds. The molecule has 2 aliphatic rings. The highest BCUT2D eigenvalue weighted by atomic mass is 35.5. The SMILES string of the molecule is CCOC(=O)c1[nH]c2cc(Cl)ccc2c1C(C(=O)NC(C)(C)C)N(Cc1cc(F)c(F)c(F)c1)C(=O)c1ccc(C#Cc2cccc3c2CN(C2CCC(=O)NC2=O)C3=O)cc1. The number of fused-ring (bicyclic) bond motifs is 2. The van der Waals surface area contributed by atoms with Crippen LogP contribution < -0.4 is 10.6 Å². The number of aromatic nitrogens is 1. The predicted molar refractivity (Wildman–Crippen MR) is 221 cm³/mol. The smallest absolute Gasteiger partial charge is 0.355 e. The van der Waals surface area contributed by atoms with Gasteiger partial charge in [-0.05, 0) is 106 Å². The number of esters is 1. The molecule has 5 aromatic rings. The number of aromatic amines is 1. The third-order valence-corrected chi connectivity index (χ3v) is 10.6. The molecule has 1 fully saturated rings. The third kappa shape index (κ3) is 8.78. The maximum atomic E-state index is 14.9. The van der Waals surface area contributed by atoms with Crippen molar-refractivity contribution in [1.82, 2.24) is 25.4 Å². The van der Waals surface area contributed by atoms with E-state index in [0.29, 0.717) is 38.2 Å². The maximum Gasteiger partial charge on any atom is 0.355 e. The molecule has 2 atom stereocenters. The molecule has 0 bridgehead atoms. The highest BCUT2D eigenvalue weighted by Crippen LogP contribution is 2.37. The molecule has 16 heteroatoms. The molecule has 0 aliphatic carbocycles. The van der Waals surface area contributed by atoms with E-state index in [1.54, 1.807) is 64.1 Å². The van der Waals surface area contributed by atoms with Gasteiger partial charge in [0, 0.05) is 68.8 Å². The van der Waals surface area contributed by atoms with Crippen molar-refractivity contribution >= 4 is 58.0 Å². The maximum absolute atomic E-state index is 14.9. The number of piperidine rings is 1. The summed E-state index contributed by atoms with van der Waals surface area (Å²) in [7, 11) is 0. The molecule has 2 unspecified atom stereocenters. The number of carbonyl (C=O) groups is 6. The summed E-state index contributed by atoms with van der Waals surface area (Å²) < 4.78 is 48.9. The molecule has 0 saturated carbocycles. The number of imide groups is 1. The monoisotopic (exact) mass is 865 g/mol. The van der Waals surface area contributed by atoms with Crippen LogP contribution in [-0.4, -0.2) is 68.5 Å². The average molecular weight is 866 g/mol. The van der Waals surface area contributed by atoms with Crippen LogP contribution in [0.5, 0.6) is 0 Å². The van der Waals surface area contributed by atoms with Gasteiger partial charge in [-0.1, -0.05) is 35.6 Å². The fourth-order valence-electron chi connectivity index (χ4n) is 7.59. The number of amides is 5.